The lowest BCUT2D eigenvalue weighted by Gasteiger charge is -2.22. The van der Waals surface area contributed by atoms with Gasteiger partial charge in [-0.25, -0.2) is 0 Å². The fraction of sp³-hybridized carbons (Fsp3) is 0.625. The van der Waals surface area contributed by atoms with Crippen LogP contribution in [0.4, 0.5) is 18.9 Å². The Balaban J connectivity index is 3.01. The van der Waals surface area contributed by atoms with Gasteiger partial charge >= 0.3 is 6.18 Å². The minimum absolute atomic E-state index is 0.151. The summed E-state index contributed by atoms with van der Waals surface area (Å²) in [4.78, 5) is 1.87. The van der Waals surface area contributed by atoms with Gasteiger partial charge in [0.1, 0.15) is 0 Å². The number of hydrogen-bond acceptors (Lipinski definition) is 2. The topological polar surface area (TPSA) is 15.3 Å². The van der Waals surface area contributed by atoms with E-state index in [1.165, 1.54) is 6.07 Å². The van der Waals surface area contributed by atoms with Crippen molar-refractivity contribution in [1.29, 1.82) is 0 Å². The molecule has 1 N–H and O–H groups in total. The molecule has 1 aromatic rings. The van der Waals surface area contributed by atoms with Crippen LogP contribution in [-0.2, 0) is 12.7 Å². The number of unbranched alkanes of at least 4 members (excludes halogenated alkanes) is 1. The van der Waals surface area contributed by atoms with Crippen LogP contribution >= 0.6 is 0 Å². The molecular weight excluding hydrogens is 277 g/mol. The Kier molecular flexibility index (Phi) is 6.52. The first-order chi connectivity index (χ1) is 9.75. The van der Waals surface area contributed by atoms with Crippen LogP contribution in [0.25, 0.3) is 0 Å². The van der Waals surface area contributed by atoms with Crippen LogP contribution < -0.4 is 10.2 Å². The first kappa shape index (κ1) is 17.8. The maximum atomic E-state index is 13.2. The quantitative estimate of drug-likeness (QED) is 0.801. The van der Waals surface area contributed by atoms with Gasteiger partial charge in [0.25, 0.3) is 0 Å². The summed E-state index contributed by atoms with van der Waals surface area (Å²) in [7, 11) is 1.83. The van der Waals surface area contributed by atoms with Crippen molar-refractivity contribution in [3.05, 3.63) is 29.3 Å². The first-order valence-corrected chi connectivity index (χ1v) is 7.40. The average Bonchev–Trinajstić information content (AvgIpc) is 2.41. The molecule has 120 valence electrons. The van der Waals surface area contributed by atoms with Crippen molar-refractivity contribution >= 4 is 5.69 Å². The summed E-state index contributed by atoms with van der Waals surface area (Å²) >= 11 is 0. The van der Waals surface area contributed by atoms with Crippen molar-refractivity contribution in [1.82, 2.24) is 5.32 Å². The van der Waals surface area contributed by atoms with Crippen molar-refractivity contribution in [2.75, 3.05) is 18.5 Å². The second kappa shape index (κ2) is 7.69. The number of hydrogen-bond donors (Lipinski definition) is 1. The predicted molar refractivity (Wildman–Crippen MR) is 81.6 cm³/mol. The van der Waals surface area contributed by atoms with E-state index >= 15 is 0 Å². The van der Waals surface area contributed by atoms with E-state index < -0.39 is 11.7 Å². The standard InChI is InChI=1S/C16H25F3N2/c1-5-6-9-21(4)14-8-7-13(11-20-12(2)3)15(10-14)16(17,18)19/h7-8,10,12,20H,5-6,9,11H2,1-4H3. The van der Waals surface area contributed by atoms with E-state index in [0.29, 0.717) is 11.3 Å². The summed E-state index contributed by atoms with van der Waals surface area (Å²) in [5.41, 5.74) is 0.365. The maximum Gasteiger partial charge on any atom is 0.416 e. The van der Waals surface area contributed by atoms with Gasteiger partial charge in [0.2, 0.25) is 0 Å². The Hall–Kier alpha value is -1.23. The second-order valence-corrected chi connectivity index (χ2v) is 5.65. The normalized spacial score (nSPS) is 12.0. The molecule has 0 atom stereocenters. The third-order valence-corrected chi connectivity index (χ3v) is 3.39. The molecular formula is C16H25F3N2. The van der Waals surface area contributed by atoms with E-state index in [0.717, 1.165) is 19.4 Å². The Morgan fingerprint density at radius 3 is 2.43 bits per heavy atom. The number of rotatable bonds is 7. The molecule has 5 heteroatoms. The van der Waals surface area contributed by atoms with E-state index in [9.17, 15) is 13.2 Å². The van der Waals surface area contributed by atoms with Crippen LogP contribution in [0.1, 0.15) is 44.7 Å². The van der Waals surface area contributed by atoms with Crippen LogP contribution in [-0.4, -0.2) is 19.6 Å². The molecule has 0 spiro atoms. The molecule has 0 aliphatic rings. The monoisotopic (exact) mass is 302 g/mol. The highest BCUT2D eigenvalue weighted by molar-refractivity contribution is 5.51. The molecule has 1 aromatic carbocycles. The zero-order valence-electron chi connectivity index (χ0n) is 13.2. The number of nitrogens with zero attached hydrogens (tertiary/aromatic N) is 1. The Morgan fingerprint density at radius 2 is 1.90 bits per heavy atom. The smallest absolute Gasteiger partial charge is 0.375 e. The van der Waals surface area contributed by atoms with Crippen molar-refractivity contribution in [2.45, 2.75) is 52.4 Å². The zero-order chi connectivity index (χ0) is 16.0. The molecule has 1 rings (SSSR count). The van der Waals surface area contributed by atoms with Gasteiger partial charge in [-0.1, -0.05) is 33.3 Å². The molecule has 0 saturated heterocycles. The third-order valence-electron chi connectivity index (χ3n) is 3.39. The summed E-state index contributed by atoms with van der Waals surface area (Å²) in [5.74, 6) is 0. The van der Waals surface area contributed by atoms with Gasteiger partial charge in [-0.3, -0.25) is 0 Å². The van der Waals surface area contributed by atoms with Gasteiger partial charge in [-0.15, -0.1) is 0 Å². The van der Waals surface area contributed by atoms with Crippen LogP contribution in [0, 0.1) is 0 Å². The molecule has 0 radical (unpaired) electrons. The van der Waals surface area contributed by atoms with Crippen molar-refractivity contribution in [3.63, 3.8) is 0 Å². The van der Waals surface area contributed by atoms with E-state index in [2.05, 4.69) is 12.2 Å². The second-order valence-electron chi connectivity index (χ2n) is 5.65. The van der Waals surface area contributed by atoms with Crippen LogP contribution in [0.15, 0.2) is 18.2 Å². The number of alkyl halides is 3. The Labute approximate surface area is 125 Å². The van der Waals surface area contributed by atoms with E-state index in [4.69, 9.17) is 0 Å². The van der Waals surface area contributed by atoms with Crippen molar-refractivity contribution in [3.8, 4) is 0 Å². The molecule has 0 saturated carbocycles. The maximum absolute atomic E-state index is 13.2. The number of anilines is 1. The van der Waals surface area contributed by atoms with E-state index in [1.807, 2.05) is 25.8 Å². The molecule has 0 unspecified atom stereocenters. The van der Waals surface area contributed by atoms with E-state index in [1.54, 1.807) is 12.1 Å². The largest absolute Gasteiger partial charge is 0.416 e. The zero-order valence-corrected chi connectivity index (χ0v) is 13.2. The summed E-state index contributed by atoms with van der Waals surface area (Å²) in [5, 5.41) is 3.04. The van der Waals surface area contributed by atoms with Crippen molar-refractivity contribution < 1.29 is 13.2 Å². The average molecular weight is 302 g/mol. The lowest BCUT2D eigenvalue weighted by atomic mass is 10.0. The van der Waals surface area contributed by atoms with Gasteiger partial charge in [0.15, 0.2) is 0 Å². The molecule has 2 nitrogen and oxygen atoms in total. The van der Waals surface area contributed by atoms with Crippen LogP contribution in [0.2, 0.25) is 0 Å². The SMILES string of the molecule is CCCCN(C)c1ccc(CNC(C)C)c(C(F)(F)F)c1. The van der Waals surface area contributed by atoms with Crippen LogP contribution in [0.5, 0.6) is 0 Å². The summed E-state index contributed by atoms with van der Waals surface area (Å²) in [6.45, 7) is 6.89. The van der Waals surface area contributed by atoms with Gasteiger partial charge in [-0.2, -0.15) is 13.2 Å². The molecule has 0 heterocycles. The minimum Gasteiger partial charge on any atom is -0.375 e. The van der Waals surface area contributed by atoms with Gasteiger partial charge in [0, 0.05) is 31.9 Å². The number of nitrogens with one attached hydrogen (secondary N) is 1. The van der Waals surface area contributed by atoms with Crippen molar-refractivity contribution in [2.24, 2.45) is 0 Å². The first-order valence-electron chi connectivity index (χ1n) is 7.40. The third kappa shape index (κ3) is 5.58. The molecule has 0 aliphatic carbocycles. The van der Waals surface area contributed by atoms with Gasteiger partial charge in [0.05, 0.1) is 5.56 Å². The summed E-state index contributed by atoms with van der Waals surface area (Å²) in [6, 6.07) is 4.75. The summed E-state index contributed by atoms with van der Waals surface area (Å²) < 4.78 is 39.7. The fourth-order valence-electron chi connectivity index (χ4n) is 2.06. The predicted octanol–water partition coefficient (Wildman–Crippen LogP) is 4.44. The fourth-order valence-corrected chi connectivity index (χ4v) is 2.06. The highest BCUT2D eigenvalue weighted by Gasteiger charge is 2.33. The molecule has 0 aromatic heterocycles. The Morgan fingerprint density at radius 1 is 1.24 bits per heavy atom. The van der Waals surface area contributed by atoms with E-state index in [-0.39, 0.29) is 12.6 Å². The van der Waals surface area contributed by atoms with Gasteiger partial charge < -0.3 is 10.2 Å². The molecule has 0 amide bonds. The molecule has 0 aliphatic heterocycles. The highest BCUT2D eigenvalue weighted by atomic mass is 19.4. The number of benzene rings is 1. The Bertz CT molecular complexity index is 442. The minimum atomic E-state index is -4.32. The molecule has 0 fully saturated rings. The lowest BCUT2D eigenvalue weighted by molar-refractivity contribution is -0.138. The van der Waals surface area contributed by atoms with Gasteiger partial charge in [-0.05, 0) is 24.1 Å². The van der Waals surface area contributed by atoms with Crippen LogP contribution in [0.3, 0.4) is 0 Å². The number of halogens is 3. The molecule has 0 bridgehead atoms. The lowest BCUT2D eigenvalue weighted by Crippen LogP contribution is -2.24. The molecule has 21 heavy (non-hydrogen) atoms. The highest BCUT2D eigenvalue weighted by Crippen LogP contribution is 2.34. The summed E-state index contributed by atoms with van der Waals surface area (Å²) in [6.07, 6.45) is -2.34.